The number of carbonyl (C=O) groups excluding carboxylic acids is 4. The summed E-state index contributed by atoms with van der Waals surface area (Å²) in [4.78, 5) is 49.4. The molecule has 0 aliphatic carbocycles. The largest absolute Gasteiger partial charge is 0.507 e. The number of hydrogen-bond donors (Lipinski definition) is 2. The summed E-state index contributed by atoms with van der Waals surface area (Å²) in [6.07, 6.45) is 3.03. The number of aliphatic hydroxyl groups excluding tert-OH is 1. The number of fused-ring (bicyclic) bond motifs is 1. The van der Waals surface area contributed by atoms with Crippen LogP contribution in [0.5, 0.6) is 0 Å². The molecule has 0 saturated carbocycles. The summed E-state index contributed by atoms with van der Waals surface area (Å²) in [6.45, 7) is 8.96. The first-order valence-electron chi connectivity index (χ1n) is 12.1. The lowest BCUT2D eigenvalue weighted by Gasteiger charge is -2.56. The predicted octanol–water partition coefficient (Wildman–Crippen LogP) is 1.69. The summed E-state index contributed by atoms with van der Waals surface area (Å²) in [5, 5.41) is 12.6. The van der Waals surface area contributed by atoms with Crippen LogP contribution in [0, 0.1) is 17.8 Å². The van der Waals surface area contributed by atoms with Gasteiger partial charge < -0.3 is 29.4 Å². The number of rotatable bonds is 5. The molecule has 1 amide bonds. The Morgan fingerprint density at radius 2 is 1.89 bits per heavy atom. The topological polar surface area (TPSA) is 137 Å². The molecule has 4 rings (SSSR count). The number of ketones is 2. The molecule has 2 N–H and O–H groups in total. The van der Waals surface area contributed by atoms with Crippen LogP contribution in [0.1, 0.15) is 41.0 Å². The second kappa shape index (κ2) is 9.24. The molecule has 10 heteroatoms. The summed E-state index contributed by atoms with van der Waals surface area (Å²) >= 11 is 0. The van der Waals surface area contributed by atoms with Gasteiger partial charge in [0, 0.05) is 18.3 Å². The molecule has 0 aromatic rings. The van der Waals surface area contributed by atoms with Gasteiger partial charge in [0.15, 0.2) is 11.6 Å². The van der Waals surface area contributed by atoms with Crippen LogP contribution in [-0.4, -0.2) is 71.9 Å². The molecule has 10 nitrogen and oxygen atoms in total. The highest BCUT2D eigenvalue weighted by Gasteiger charge is 2.74. The van der Waals surface area contributed by atoms with Crippen LogP contribution in [0.3, 0.4) is 0 Å². The van der Waals surface area contributed by atoms with E-state index in [1.54, 1.807) is 26.8 Å². The number of carbonyl (C=O) groups is 4. The quantitative estimate of drug-likeness (QED) is 0.189. The number of allylic oxidation sites excluding steroid dienone is 3. The molecule has 4 saturated heterocycles. The molecule has 1 spiro atoms. The minimum Gasteiger partial charge on any atom is -0.507 e. The van der Waals surface area contributed by atoms with Gasteiger partial charge in [0.05, 0.1) is 25.9 Å². The molecule has 0 unspecified atom stereocenters. The first-order chi connectivity index (χ1) is 16.8. The molecular formula is C26H33NO9. The average Bonchev–Trinajstić information content (AvgIpc) is 3.25. The third-order valence-electron chi connectivity index (χ3n) is 7.67. The molecule has 4 fully saturated rings. The van der Waals surface area contributed by atoms with Crippen LogP contribution < -0.4 is 5.32 Å². The monoisotopic (exact) mass is 503 g/mol. The molecule has 4 aliphatic heterocycles. The van der Waals surface area contributed by atoms with E-state index in [-0.39, 0.29) is 36.2 Å². The number of aliphatic hydroxyl groups is 1. The summed E-state index contributed by atoms with van der Waals surface area (Å²) in [6, 6.07) is 0. The van der Waals surface area contributed by atoms with Crippen molar-refractivity contribution in [1.82, 2.24) is 5.32 Å². The number of esters is 1. The Bertz CT molecular complexity index is 1070. The van der Waals surface area contributed by atoms with E-state index in [1.165, 1.54) is 13.2 Å². The fourth-order valence-corrected chi connectivity index (χ4v) is 6.00. The number of Topliss-reactive ketones (excluding diaryl/α,β-unsaturated/α-hetero) is 2. The Hall–Kier alpha value is -2.82. The number of methoxy groups -OCH3 is 1. The average molecular weight is 504 g/mol. The molecule has 36 heavy (non-hydrogen) atoms. The maximum atomic E-state index is 13.1. The summed E-state index contributed by atoms with van der Waals surface area (Å²) in [5.41, 5.74) is -0.676. The lowest BCUT2D eigenvalue weighted by atomic mass is 9.73. The first kappa shape index (κ1) is 26.2. The minimum atomic E-state index is -1.47. The Balaban J connectivity index is 1.63. The molecule has 2 bridgehead atoms. The molecular weight excluding hydrogens is 470 g/mol. The van der Waals surface area contributed by atoms with E-state index < -0.39 is 59.0 Å². The molecule has 4 heterocycles. The minimum absolute atomic E-state index is 0.0682. The fraction of sp³-hybridized carbons (Fsp3) is 0.615. The van der Waals surface area contributed by atoms with E-state index in [4.69, 9.17) is 18.9 Å². The van der Waals surface area contributed by atoms with Gasteiger partial charge >= 0.3 is 5.97 Å². The highest BCUT2D eigenvalue weighted by Crippen LogP contribution is 2.57. The number of nitrogens with one attached hydrogen (secondary N) is 1. The van der Waals surface area contributed by atoms with Crippen LogP contribution in [0.15, 0.2) is 35.1 Å². The molecule has 8 atom stereocenters. The van der Waals surface area contributed by atoms with E-state index in [9.17, 15) is 24.3 Å². The van der Waals surface area contributed by atoms with E-state index in [0.29, 0.717) is 0 Å². The zero-order chi connectivity index (χ0) is 26.6. The van der Waals surface area contributed by atoms with E-state index in [1.807, 2.05) is 19.9 Å². The molecule has 196 valence electrons. The van der Waals surface area contributed by atoms with Crippen molar-refractivity contribution in [2.24, 2.45) is 17.8 Å². The number of amides is 1. The van der Waals surface area contributed by atoms with Gasteiger partial charge in [-0.1, -0.05) is 31.6 Å². The predicted molar refractivity (Wildman–Crippen MR) is 125 cm³/mol. The highest BCUT2D eigenvalue weighted by molar-refractivity contribution is 6.25. The fourth-order valence-electron chi connectivity index (χ4n) is 6.00. The van der Waals surface area contributed by atoms with Gasteiger partial charge in [0.2, 0.25) is 5.79 Å². The summed E-state index contributed by atoms with van der Waals surface area (Å²) in [7, 11) is 1.30. The SMILES string of the molecule is COC(=O)[C@H]1[C@@H](C)O[C@@]2(C)CC(=O)[C@@H]3O[C@@]12O[C@H]([C@H](C)/C=C(C)/C=C/C(O)=C1C(=O)CNC1=O)[C@H]3C. The zero-order valence-corrected chi connectivity index (χ0v) is 21.3. The third-order valence-corrected chi connectivity index (χ3v) is 7.67. The maximum absolute atomic E-state index is 13.1. The normalized spacial score (nSPS) is 40.8. The second-order valence-electron chi connectivity index (χ2n) is 10.3. The van der Waals surface area contributed by atoms with Gasteiger partial charge in [0.1, 0.15) is 29.0 Å². The van der Waals surface area contributed by atoms with Crippen molar-refractivity contribution in [2.45, 2.75) is 70.7 Å². The van der Waals surface area contributed by atoms with E-state index >= 15 is 0 Å². The lowest BCUT2D eigenvalue weighted by Crippen LogP contribution is -2.71. The van der Waals surface area contributed by atoms with Crippen LogP contribution >= 0.6 is 0 Å². The van der Waals surface area contributed by atoms with E-state index in [2.05, 4.69) is 5.32 Å². The number of hydrogen-bond acceptors (Lipinski definition) is 9. The summed E-state index contributed by atoms with van der Waals surface area (Å²) in [5.74, 6) is -4.97. The van der Waals surface area contributed by atoms with Gasteiger partial charge in [0.25, 0.3) is 5.91 Å². The molecule has 0 aromatic heterocycles. The van der Waals surface area contributed by atoms with Crippen molar-refractivity contribution < 1.29 is 43.2 Å². The second-order valence-corrected chi connectivity index (χ2v) is 10.3. The van der Waals surface area contributed by atoms with Crippen molar-refractivity contribution in [1.29, 1.82) is 0 Å². The molecule has 4 aliphatic rings. The van der Waals surface area contributed by atoms with Gasteiger partial charge in [-0.05, 0) is 26.8 Å². The van der Waals surface area contributed by atoms with Crippen LogP contribution in [-0.2, 0) is 38.1 Å². The third kappa shape index (κ3) is 4.01. The van der Waals surface area contributed by atoms with Crippen LogP contribution in [0.25, 0.3) is 0 Å². The highest BCUT2D eigenvalue weighted by atomic mass is 16.8. The van der Waals surface area contributed by atoms with Crippen LogP contribution in [0.4, 0.5) is 0 Å². The van der Waals surface area contributed by atoms with Gasteiger partial charge in [-0.3, -0.25) is 19.2 Å². The summed E-state index contributed by atoms with van der Waals surface area (Å²) < 4.78 is 24.0. The van der Waals surface area contributed by atoms with Crippen molar-refractivity contribution in [3.63, 3.8) is 0 Å². The maximum Gasteiger partial charge on any atom is 0.316 e. The van der Waals surface area contributed by atoms with E-state index in [0.717, 1.165) is 5.57 Å². The van der Waals surface area contributed by atoms with Crippen molar-refractivity contribution in [3.8, 4) is 0 Å². The first-order valence-corrected chi connectivity index (χ1v) is 12.1. The van der Waals surface area contributed by atoms with Gasteiger partial charge in [-0.25, -0.2) is 0 Å². The smallest absolute Gasteiger partial charge is 0.316 e. The standard InChI is InChI=1S/C26H33NO9/c1-12(7-8-16(28)19-18(30)11-27-23(19)31)9-13(2)21-14(3)22-17(29)10-25(5)26(35-21,36-22)20(15(4)34-25)24(32)33-6/h7-9,13-15,20-22,28H,10-11H2,1-6H3,(H,27,31)/b8-7+,12-9+,19-16?/t13-,14-,15-,20-,21-,22-,25+,26+/m1/s1. The van der Waals surface area contributed by atoms with Crippen molar-refractivity contribution in [3.05, 3.63) is 35.1 Å². The Morgan fingerprint density at radius 1 is 1.19 bits per heavy atom. The Labute approximate surface area is 209 Å². The van der Waals surface area contributed by atoms with Gasteiger partial charge in [-0.15, -0.1) is 0 Å². The Morgan fingerprint density at radius 3 is 2.50 bits per heavy atom. The lowest BCUT2D eigenvalue weighted by molar-refractivity contribution is -0.387. The zero-order valence-electron chi connectivity index (χ0n) is 21.3. The van der Waals surface area contributed by atoms with Gasteiger partial charge in [-0.2, -0.15) is 0 Å². The molecule has 0 aromatic carbocycles. The molecule has 0 radical (unpaired) electrons. The Kier molecular flexibility index (Phi) is 6.74. The number of ether oxygens (including phenoxy) is 4. The van der Waals surface area contributed by atoms with Crippen molar-refractivity contribution in [2.75, 3.05) is 13.7 Å². The van der Waals surface area contributed by atoms with Crippen molar-refractivity contribution >= 4 is 23.4 Å². The van der Waals surface area contributed by atoms with Crippen LogP contribution in [0.2, 0.25) is 0 Å².